The molecule has 3 N–H and O–H groups in total. The lowest BCUT2D eigenvalue weighted by molar-refractivity contribution is -0.193. The van der Waals surface area contributed by atoms with Gasteiger partial charge in [-0.1, -0.05) is 0 Å². The number of alkyl halides is 6. The smallest absolute Gasteiger partial charge is 0.475 e. The highest BCUT2D eigenvalue weighted by molar-refractivity contribution is 5.73. The van der Waals surface area contributed by atoms with Crippen molar-refractivity contribution in [3.8, 4) is 0 Å². The first-order valence-electron chi connectivity index (χ1n) is 12.3. The average Bonchev–Trinajstić information content (AvgIpc) is 3.45. The Morgan fingerprint density at radius 2 is 1.51 bits per heavy atom. The van der Waals surface area contributed by atoms with Crippen LogP contribution in [-0.2, 0) is 27.9 Å². The predicted molar refractivity (Wildman–Crippen MR) is 122 cm³/mol. The number of halogens is 6. The molecule has 16 heteroatoms. The molecule has 1 aromatic rings. The van der Waals surface area contributed by atoms with Gasteiger partial charge in [-0.2, -0.15) is 26.3 Å². The Balaban J connectivity index is 0.000000317. The largest absolute Gasteiger partial charge is 0.490 e. The van der Waals surface area contributed by atoms with Crippen molar-refractivity contribution in [3.05, 3.63) is 18.2 Å². The van der Waals surface area contributed by atoms with E-state index in [2.05, 4.69) is 26.8 Å². The summed E-state index contributed by atoms with van der Waals surface area (Å²) in [6.45, 7) is 3.20. The van der Waals surface area contributed by atoms with Gasteiger partial charge in [-0.15, -0.1) is 0 Å². The number of aryl methyl sites for hydroxylation is 1. The molecule has 1 aromatic heterocycles. The van der Waals surface area contributed by atoms with Gasteiger partial charge >= 0.3 is 30.4 Å². The third-order valence-electron chi connectivity index (χ3n) is 6.94. The van der Waals surface area contributed by atoms with Gasteiger partial charge in [-0.05, 0) is 69.9 Å². The first kappa shape index (κ1) is 32.2. The van der Waals surface area contributed by atoms with Gasteiger partial charge in [0, 0.05) is 25.5 Å². The number of hydrogen-bond acceptors (Lipinski definition) is 6. The van der Waals surface area contributed by atoms with Crippen molar-refractivity contribution in [1.29, 1.82) is 0 Å². The van der Waals surface area contributed by atoms with Crippen LogP contribution in [0.25, 0.3) is 0 Å². The molecule has 1 aliphatic heterocycles. The van der Waals surface area contributed by atoms with Crippen LogP contribution in [0.2, 0.25) is 0 Å². The second kappa shape index (κ2) is 13.3. The number of alkyl carbamates (subject to hydrolysis) is 1. The number of hydrogen-bond donors (Lipinski definition) is 3. The first-order valence-corrected chi connectivity index (χ1v) is 12.3. The van der Waals surface area contributed by atoms with E-state index in [1.165, 1.54) is 25.7 Å². The Bertz CT molecular complexity index is 937. The van der Waals surface area contributed by atoms with Gasteiger partial charge in [0.05, 0.1) is 6.54 Å². The minimum absolute atomic E-state index is 0.156. The van der Waals surface area contributed by atoms with Crippen molar-refractivity contribution in [2.24, 2.45) is 12.5 Å². The van der Waals surface area contributed by atoms with E-state index in [0.717, 1.165) is 51.1 Å². The van der Waals surface area contributed by atoms with Crippen LogP contribution < -0.4 is 5.32 Å². The van der Waals surface area contributed by atoms with Crippen molar-refractivity contribution in [1.82, 2.24) is 19.8 Å². The van der Waals surface area contributed by atoms with Gasteiger partial charge in [0.15, 0.2) is 0 Å². The maximum atomic E-state index is 12.0. The van der Waals surface area contributed by atoms with Gasteiger partial charge in [0.2, 0.25) is 0 Å². The molecule has 0 atom stereocenters. The molecule has 0 bridgehead atoms. The van der Waals surface area contributed by atoms with Crippen LogP contribution >= 0.6 is 0 Å². The van der Waals surface area contributed by atoms with E-state index in [4.69, 9.17) is 24.5 Å². The molecule has 1 saturated heterocycles. The first-order chi connectivity index (χ1) is 18.0. The SMILES string of the molecule is Cn1ccnc1CN1CCC2(CC1)CC(NC(=O)OC1CCCC1)C2.O=C(O)C(F)(F)F.O=C(O)C(F)(F)F. The minimum atomic E-state index is -5.08. The number of carboxylic acid groups (broad SMARTS) is 2. The highest BCUT2D eigenvalue weighted by Gasteiger charge is 2.46. The summed E-state index contributed by atoms with van der Waals surface area (Å²) >= 11 is 0. The van der Waals surface area contributed by atoms with E-state index < -0.39 is 24.3 Å². The summed E-state index contributed by atoms with van der Waals surface area (Å²) in [4.78, 5) is 36.7. The predicted octanol–water partition coefficient (Wildman–Crippen LogP) is 4.10. The molecule has 39 heavy (non-hydrogen) atoms. The summed E-state index contributed by atoms with van der Waals surface area (Å²) in [6, 6.07) is 0.315. The summed E-state index contributed by atoms with van der Waals surface area (Å²) in [5, 5.41) is 17.3. The number of nitrogens with one attached hydrogen (secondary N) is 1. The van der Waals surface area contributed by atoms with Crippen LogP contribution in [0.4, 0.5) is 31.1 Å². The number of aliphatic carboxylic acids is 2. The second-order valence-corrected chi connectivity index (χ2v) is 9.90. The molecule has 3 fully saturated rings. The van der Waals surface area contributed by atoms with Gasteiger partial charge in [-0.25, -0.2) is 19.4 Å². The fraction of sp³-hybridized carbons (Fsp3) is 0.739. The van der Waals surface area contributed by atoms with Crippen LogP contribution in [0, 0.1) is 5.41 Å². The summed E-state index contributed by atoms with van der Waals surface area (Å²) < 4.78 is 71.1. The lowest BCUT2D eigenvalue weighted by atomic mass is 9.60. The third kappa shape index (κ3) is 10.6. The summed E-state index contributed by atoms with van der Waals surface area (Å²) in [5.41, 5.74) is 0.448. The molecule has 1 amide bonds. The Kier molecular flexibility index (Phi) is 11.0. The molecule has 0 unspecified atom stereocenters. The van der Waals surface area contributed by atoms with Crippen molar-refractivity contribution in [2.45, 2.75) is 82.4 Å². The number of rotatable bonds is 4. The quantitative estimate of drug-likeness (QED) is 0.458. The normalized spacial score (nSPS) is 19.7. The van der Waals surface area contributed by atoms with E-state index in [9.17, 15) is 31.1 Å². The van der Waals surface area contributed by atoms with E-state index in [1.807, 2.05) is 12.4 Å². The number of piperidine rings is 1. The lowest BCUT2D eigenvalue weighted by Gasteiger charge is -2.52. The van der Waals surface area contributed by atoms with Gasteiger partial charge in [0.1, 0.15) is 11.9 Å². The Labute approximate surface area is 220 Å². The number of amides is 1. The van der Waals surface area contributed by atoms with Gasteiger partial charge in [0.25, 0.3) is 0 Å². The molecule has 2 saturated carbocycles. The van der Waals surface area contributed by atoms with Crippen molar-refractivity contribution in [3.63, 3.8) is 0 Å². The van der Waals surface area contributed by atoms with E-state index in [1.54, 1.807) is 0 Å². The maximum absolute atomic E-state index is 12.0. The number of carbonyl (C=O) groups is 3. The number of carbonyl (C=O) groups excluding carboxylic acids is 1. The molecule has 4 rings (SSSR count). The lowest BCUT2D eigenvalue weighted by Crippen LogP contribution is -2.55. The molecule has 1 spiro atoms. The Morgan fingerprint density at radius 1 is 1.03 bits per heavy atom. The number of likely N-dealkylation sites (tertiary alicyclic amines) is 1. The monoisotopic (exact) mass is 574 g/mol. The van der Waals surface area contributed by atoms with Gasteiger partial charge < -0.3 is 24.8 Å². The summed E-state index contributed by atoms with van der Waals surface area (Å²) in [6.07, 6.45) is 2.82. The molecular formula is C23H32F6N4O6. The Hall–Kier alpha value is -3.04. The second-order valence-electron chi connectivity index (χ2n) is 9.90. The van der Waals surface area contributed by atoms with Crippen LogP contribution in [0.1, 0.15) is 57.2 Å². The van der Waals surface area contributed by atoms with Crippen molar-refractivity contribution in [2.75, 3.05) is 13.1 Å². The minimum Gasteiger partial charge on any atom is -0.475 e. The van der Waals surface area contributed by atoms with E-state index >= 15 is 0 Å². The zero-order chi connectivity index (χ0) is 29.4. The van der Waals surface area contributed by atoms with E-state index in [-0.39, 0.29) is 12.2 Å². The standard InChI is InChI=1S/C19H30N4O2.2C2HF3O2/c1-22-11-8-20-17(22)14-23-9-6-19(7-10-23)12-15(13-19)21-18(24)25-16-4-2-3-5-16;2*3-2(4,5)1(6)7/h8,11,15-16H,2-7,9-10,12-14H2,1H3,(H,21,24);2*(H,6,7). The molecule has 3 aliphatic rings. The number of carboxylic acids is 2. The van der Waals surface area contributed by atoms with E-state index in [0.29, 0.717) is 11.5 Å². The number of ether oxygens (including phenoxy) is 1. The number of nitrogens with zero attached hydrogens (tertiary/aromatic N) is 3. The van der Waals surface area contributed by atoms with Crippen LogP contribution in [0.3, 0.4) is 0 Å². The molecular weight excluding hydrogens is 542 g/mol. The molecule has 2 aliphatic carbocycles. The molecule has 222 valence electrons. The topological polar surface area (TPSA) is 134 Å². The zero-order valence-corrected chi connectivity index (χ0v) is 21.2. The zero-order valence-electron chi connectivity index (χ0n) is 21.2. The fourth-order valence-corrected chi connectivity index (χ4v) is 4.79. The number of aromatic nitrogens is 2. The fourth-order valence-electron chi connectivity index (χ4n) is 4.79. The average molecular weight is 575 g/mol. The highest BCUT2D eigenvalue weighted by Crippen LogP contribution is 2.49. The molecule has 10 nitrogen and oxygen atoms in total. The van der Waals surface area contributed by atoms with Crippen LogP contribution in [-0.4, -0.2) is 80.3 Å². The third-order valence-corrected chi connectivity index (χ3v) is 6.94. The van der Waals surface area contributed by atoms with Crippen molar-refractivity contribution >= 4 is 18.0 Å². The number of imidazole rings is 1. The highest BCUT2D eigenvalue weighted by atomic mass is 19.4. The summed E-state index contributed by atoms with van der Waals surface area (Å²) in [5.74, 6) is -4.38. The molecule has 0 radical (unpaired) electrons. The molecule has 2 heterocycles. The Morgan fingerprint density at radius 3 is 1.92 bits per heavy atom. The summed E-state index contributed by atoms with van der Waals surface area (Å²) in [7, 11) is 2.06. The van der Waals surface area contributed by atoms with Crippen molar-refractivity contribution < 1.29 is 55.7 Å². The molecule has 0 aromatic carbocycles. The van der Waals surface area contributed by atoms with Crippen LogP contribution in [0.15, 0.2) is 12.4 Å². The maximum Gasteiger partial charge on any atom is 0.490 e. The van der Waals surface area contributed by atoms with Gasteiger partial charge in [-0.3, -0.25) is 4.90 Å². The van der Waals surface area contributed by atoms with Crippen LogP contribution in [0.5, 0.6) is 0 Å².